The van der Waals surface area contributed by atoms with Gasteiger partial charge in [-0.3, -0.25) is 9.88 Å². The van der Waals surface area contributed by atoms with Crippen molar-refractivity contribution < 1.29 is 0 Å². The standard InChI is InChI=1S/C16H29N3/c1-5-10-18-16(14(3)6-2)13-19(4)12-15-9-7-8-11-17-15/h7-9,11,14,16,18H,5-6,10,12-13H2,1-4H3. The molecule has 19 heavy (non-hydrogen) atoms. The fourth-order valence-electron chi connectivity index (χ4n) is 2.23. The van der Waals surface area contributed by atoms with Crippen molar-refractivity contribution in [3.63, 3.8) is 0 Å². The van der Waals surface area contributed by atoms with Crippen LogP contribution in [0.2, 0.25) is 0 Å². The van der Waals surface area contributed by atoms with Gasteiger partial charge in [0.25, 0.3) is 0 Å². The Morgan fingerprint density at radius 1 is 1.32 bits per heavy atom. The van der Waals surface area contributed by atoms with Crippen LogP contribution in [0, 0.1) is 5.92 Å². The zero-order valence-electron chi connectivity index (χ0n) is 12.9. The Labute approximate surface area is 118 Å². The van der Waals surface area contributed by atoms with Crippen LogP contribution < -0.4 is 5.32 Å². The molecule has 1 aromatic heterocycles. The summed E-state index contributed by atoms with van der Waals surface area (Å²) in [6.45, 7) is 9.92. The van der Waals surface area contributed by atoms with Gasteiger partial charge in [-0.1, -0.05) is 33.3 Å². The van der Waals surface area contributed by atoms with Crippen LogP contribution in [-0.2, 0) is 6.54 Å². The smallest absolute Gasteiger partial charge is 0.0543 e. The molecule has 0 aliphatic heterocycles. The monoisotopic (exact) mass is 263 g/mol. The minimum atomic E-state index is 0.568. The van der Waals surface area contributed by atoms with Gasteiger partial charge in [-0.05, 0) is 38.1 Å². The van der Waals surface area contributed by atoms with Crippen LogP contribution in [0.1, 0.15) is 39.3 Å². The lowest BCUT2D eigenvalue weighted by molar-refractivity contribution is 0.237. The average molecular weight is 263 g/mol. The number of pyridine rings is 1. The predicted molar refractivity (Wildman–Crippen MR) is 82.1 cm³/mol. The molecular weight excluding hydrogens is 234 g/mol. The van der Waals surface area contributed by atoms with E-state index < -0.39 is 0 Å². The number of rotatable bonds is 9. The molecule has 3 nitrogen and oxygen atoms in total. The van der Waals surface area contributed by atoms with Crippen LogP contribution in [0.4, 0.5) is 0 Å². The lowest BCUT2D eigenvalue weighted by Crippen LogP contribution is -2.43. The maximum absolute atomic E-state index is 4.39. The number of nitrogens with one attached hydrogen (secondary N) is 1. The molecule has 0 radical (unpaired) electrons. The summed E-state index contributed by atoms with van der Waals surface area (Å²) in [6, 6.07) is 6.68. The first-order valence-electron chi connectivity index (χ1n) is 7.49. The molecule has 0 fully saturated rings. The minimum Gasteiger partial charge on any atom is -0.312 e. The van der Waals surface area contributed by atoms with E-state index >= 15 is 0 Å². The van der Waals surface area contributed by atoms with Crippen molar-refractivity contribution in [1.82, 2.24) is 15.2 Å². The van der Waals surface area contributed by atoms with Crippen LogP contribution in [0.25, 0.3) is 0 Å². The molecule has 0 aromatic carbocycles. The average Bonchev–Trinajstić information content (AvgIpc) is 2.43. The van der Waals surface area contributed by atoms with Gasteiger partial charge in [0.15, 0.2) is 0 Å². The highest BCUT2D eigenvalue weighted by molar-refractivity contribution is 5.03. The Balaban J connectivity index is 2.48. The van der Waals surface area contributed by atoms with E-state index in [1.807, 2.05) is 12.3 Å². The molecule has 0 saturated carbocycles. The summed E-state index contributed by atoms with van der Waals surface area (Å²) in [5.74, 6) is 0.706. The second kappa shape index (κ2) is 9.05. The summed E-state index contributed by atoms with van der Waals surface area (Å²) in [5, 5.41) is 3.67. The summed E-state index contributed by atoms with van der Waals surface area (Å²) >= 11 is 0. The van der Waals surface area contributed by atoms with Crippen molar-refractivity contribution in [1.29, 1.82) is 0 Å². The molecular formula is C16H29N3. The van der Waals surface area contributed by atoms with E-state index in [2.05, 4.69) is 55.2 Å². The van der Waals surface area contributed by atoms with Gasteiger partial charge in [-0.25, -0.2) is 0 Å². The van der Waals surface area contributed by atoms with Gasteiger partial charge in [-0.15, -0.1) is 0 Å². The molecule has 108 valence electrons. The van der Waals surface area contributed by atoms with Gasteiger partial charge in [0, 0.05) is 25.3 Å². The molecule has 0 spiro atoms. The van der Waals surface area contributed by atoms with Crippen molar-refractivity contribution in [2.75, 3.05) is 20.1 Å². The summed E-state index contributed by atoms with van der Waals surface area (Å²) in [6.07, 6.45) is 4.28. The quantitative estimate of drug-likeness (QED) is 0.742. The Bertz CT molecular complexity index is 326. The van der Waals surface area contributed by atoms with Crippen LogP contribution in [0.3, 0.4) is 0 Å². The highest BCUT2D eigenvalue weighted by Crippen LogP contribution is 2.10. The van der Waals surface area contributed by atoms with Crippen molar-refractivity contribution in [3.05, 3.63) is 30.1 Å². The number of aromatic nitrogens is 1. The molecule has 0 aliphatic carbocycles. The molecule has 0 bridgehead atoms. The Morgan fingerprint density at radius 2 is 2.11 bits per heavy atom. The van der Waals surface area contributed by atoms with Crippen LogP contribution in [-0.4, -0.2) is 36.1 Å². The van der Waals surface area contributed by atoms with E-state index in [9.17, 15) is 0 Å². The second-order valence-corrected chi connectivity index (χ2v) is 5.46. The van der Waals surface area contributed by atoms with E-state index in [4.69, 9.17) is 0 Å². The maximum Gasteiger partial charge on any atom is 0.0543 e. The minimum absolute atomic E-state index is 0.568. The highest BCUT2D eigenvalue weighted by Gasteiger charge is 2.17. The number of nitrogens with zero attached hydrogens (tertiary/aromatic N) is 2. The van der Waals surface area contributed by atoms with Gasteiger partial charge >= 0.3 is 0 Å². The topological polar surface area (TPSA) is 28.2 Å². The fourth-order valence-corrected chi connectivity index (χ4v) is 2.23. The molecule has 2 atom stereocenters. The Kier molecular flexibility index (Phi) is 7.68. The third kappa shape index (κ3) is 6.17. The van der Waals surface area contributed by atoms with Gasteiger partial charge in [0.2, 0.25) is 0 Å². The molecule has 1 aromatic rings. The van der Waals surface area contributed by atoms with Crippen molar-refractivity contribution in [3.8, 4) is 0 Å². The van der Waals surface area contributed by atoms with E-state index in [0.717, 1.165) is 25.3 Å². The SMILES string of the molecule is CCCNC(CN(C)Cc1ccccn1)C(C)CC. The normalized spacial score (nSPS) is 14.6. The highest BCUT2D eigenvalue weighted by atomic mass is 15.1. The van der Waals surface area contributed by atoms with Crippen molar-refractivity contribution >= 4 is 0 Å². The van der Waals surface area contributed by atoms with Gasteiger partial charge in [-0.2, -0.15) is 0 Å². The fraction of sp³-hybridized carbons (Fsp3) is 0.688. The molecule has 3 heteroatoms. The number of likely N-dealkylation sites (N-methyl/N-ethyl adjacent to an activating group) is 1. The zero-order chi connectivity index (χ0) is 14.1. The number of hydrogen-bond donors (Lipinski definition) is 1. The van der Waals surface area contributed by atoms with Crippen molar-refractivity contribution in [2.45, 2.75) is 46.2 Å². The second-order valence-electron chi connectivity index (χ2n) is 5.46. The largest absolute Gasteiger partial charge is 0.312 e. The van der Waals surface area contributed by atoms with Crippen molar-refractivity contribution in [2.24, 2.45) is 5.92 Å². The van der Waals surface area contributed by atoms with E-state index in [0.29, 0.717) is 12.0 Å². The third-order valence-electron chi connectivity index (χ3n) is 3.65. The van der Waals surface area contributed by atoms with Gasteiger partial charge in [0.05, 0.1) is 5.69 Å². The van der Waals surface area contributed by atoms with E-state index in [1.54, 1.807) is 0 Å². The molecule has 0 saturated heterocycles. The van der Waals surface area contributed by atoms with E-state index in [-0.39, 0.29) is 0 Å². The Morgan fingerprint density at radius 3 is 2.68 bits per heavy atom. The molecule has 0 amide bonds. The van der Waals surface area contributed by atoms with E-state index in [1.165, 1.54) is 12.8 Å². The lowest BCUT2D eigenvalue weighted by atomic mass is 9.98. The maximum atomic E-state index is 4.39. The zero-order valence-corrected chi connectivity index (χ0v) is 12.9. The summed E-state index contributed by atoms with van der Waals surface area (Å²) in [5.41, 5.74) is 1.14. The first-order chi connectivity index (χ1) is 9.17. The third-order valence-corrected chi connectivity index (χ3v) is 3.65. The molecule has 2 unspecified atom stereocenters. The lowest BCUT2D eigenvalue weighted by Gasteiger charge is -2.29. The number of hydrogen-bond acceptors (Lipinski definition) is 3. The molecule has 1 rings (SSSR count). The first kappa shape index (κ1) is 16.1. The molecule has 0 aliphatic rings. The summed E-state index contributed by atoms with van der Waals surface area (Å²) in [7, 11) is 2.18. The van der Waals surface area contributed by atoms with Crippen LogP contribution >= 0.6 is 0 Å². The first-order valence-corrected chi connectivity index (χ1v) is 7.49. The van der Waals surface area contributed by atoms with Gasteiger partial charge < -0.3 is 5.32 Å². The van der Waals surface area contributed by atoms with Crippen LogP contribution in [0.5, 0.6) is 0 Å². The van der Waals surface area contributed by atoms with Gasteiger partial charge in [0.1, 0.15) is 0 Å². The predicted octanol–water partition coefficient (Wildman–Crippen LogP) is 2.93. The summed E-state index contributed by atoms with van der Waals surface area (Å²) in [4.78, 5) is 6.75. The molecule has 1 heterocycles. The molecule has 1 N–H and O–H groups in total. The van der Waals surface area contributed by atoms with Crippen LogP contribution in [0.15, 0.2) is 24.4 Å². The summed E-state index contributed by atoms with van der Waals surface area (Å²) < 4.78 is 0. The Hall–Kier alpha value is -0.930.